The molecular formula is C17H15ClN2O. The number of nitrogens with two attached hydrogens (primary N) is 1. The molecule has 21 heavy (non-hydrogen) atoms. The predicted molar refractivity (Wildman–Crippen MR) is 85.6 cm³/mol. The second-order valence-corrected chi connectivity index (χ2v) is 5.23. The third-order valence-electron chi connectivity index (χ3n) is 3.29. The van der Waals surface area contributed by atoms with Crippen molar-refractivity contribution in [2.45, 2.75) is 6.04 Å². The first kappa shape index (κ1) is 13.9. The number of aromatic nitrogens is 1. The number of para-hydroxylation sites is 1. The van der Waals surface area contributed by atoms with Gasteiger partial charge in [0.05, 0.1) is 11.6 Å². The molecule has 0 fully saturated rings. The molecule has 3 nitrogen and oxygen atoms in total. The summed E-state index contributed by atoms with van der Waals surface area (Å²) < 4.78 is 5.71. The Labute approximate surface area is 128 Å². The lowest BCUT2D eigenvalue weighted by atomic mass is 10.0. The molecular weight excluding hydrogens is 284 g/mol. The van der Waals surface area contributed by atoms with Gasteiger partial charge in [0, 0.05) is 16.6 Å². The van der Waals surface area contributed by atoms with Crippen LogP contribution in [-0.4, -0.2) is 11.6 Å². The van der Waals surface area contributed by atoms with Gasteiger partial charge in [-0.15, -0.1) is 0 Å². The second-order valence-electron chi connectivity index (χ2n) is 4.80. The first-order valence-electron chi connectivity index (χ1n) is 6.71. The Hall–Kier alpha value is -2.10. The van der Waals surface area contributed by atoms with Gasteiger partial charge in [0.1, 0.15) is 12.4 Å². The molecule has 2 aromatic carbocycles. The third-order valence-corrected chi connectivity index (χ3v) is 3.52. The van der Waals surface area contributed by atoms with Gasteiger partial charge in [0.2, 0.25) is 0 Å². The van der Waals surface area contributed by atoms with Crippen LogP contribution in [0.4, 0.5) is 0 Å². The van der Waals surface area contributed by atoms with Crippen LogP contribution in [0.3, 0.4) is 0 Å². The lowest BCUT2D eigenvalue weighted by Gasteiger charge is -2.15. The molecule has 2 N–H and O–H groups in total. The van der Waals surface area contributed by atoms with Crippen LogP contribution in [-0.2, 0) is 0 Å². The number of rotatable bonds is 4. The third kappa shape index (κ3) is 3.15. The van der Waals surface area contributed by atoms with Gasteiger partial charge in [0.25, 0.3) is 0 Å². The van der Waals surface area contributed by atoms with Crippen molar-refractivity contribution in [3.8, 4) is 5.75 Å². The van der Waals surface area contributed by atoms with Crippen molar-refractivity contribution in [1.29, 1.82) is 0 Å². The smallest absolute Gasteiger partial charge is 0.120 e. The van der Waals surface area contributed by atoms with Crippen LogP contribution < -0.4 is 10.5 Å². The van der Waals surface area contributed by atoms with Gasteiger partial charge in [-0.3, -0.25) is 4.98 Å². The van der Waals surface area contributed by atoms with Gasteiger partial charge in [-0.25, -0.2) is 0 Å². The van der Waals surface area contributed by atoms with Crippen molar-refractivity contribution in [3.63, 3.8) is 0 Å². The van der Waals surface area contributed by atoms with E-state index in [-0.39, 0.29) is 6.04 Å². The standard InChI is InChI=1S/C17H15ClN2O/c18-13-6-2-7-14(10-13)21-11-16(19)15-8-1-4-12-5-3-9-20-17(12)15/h1-10,16H,11,19H2. The number of fused-ring (bicyclic) bond motifs is 1. The van der Waals surface area contributed by atoms with Crippen molar-refractivity contribution < 1.29 is 4.74 Å². The van der Waals surface area contributed by atoms with E-state index in [1.54, 1.807) is 12.3 Å². The topological polar surface area (TPSA) is 48.1 Å². The van der Waals surface area contributed by atoms with Crippen LogP contribution in [0.25, 0.3) is 10.9 Å². The number of ether oxygens (including phenoxy) is 1. The number of nitrogens with zero attached hydrogens (tertiary/aromatic N) is 1. The van der Waals surface area contributed by atoms with Crippen LogP contribution in [0.2, 0.25) is 5.02 Å². The molecule has 0 aliphatic rings. The van der Waals surface area contributed by atoms with Gasteiger partial charge < -0.3 is 10.5 Å². The van der Waals surface area contributed by atoms with Gasteiger partial charge in [0.15, 0.2) is 0 Å². The number of benzene rings is 2. The van der Waals surface area contributed by atoms with E-state index in [0.29, 0.717) is 17.4 Å². The number of hydrogen-bond acceptors (Lipinski definition) is 3. The van der Waals surface area contributed by atoms with Crippen molar-refractivity contribution in [1.82, 2.24) is 4.98 Å². The summed E-state index contributed by atoms with van der Waals surface area (Å²) in [5.41, 5.74) is 8.15. The summed E-state index contributed by atoms with van der Waals surface area (Å²) >= 11 is 5.93. The van der Waals surface area contributed by atoms with Gasteiger partial charge in [-0.2, -0.15) is 0 Å². The van der Waals surface area contributed by atoms with Crippen LogP contribution in [0.15, 0.2) is 60.8 Å². The summed E-state index contributed by atoms with van der Waals surface area (Å²) in [4.78, 5) is 4.41. The van der Waals surface area contributed by atoms with Crippen LogP contribution >= 0.6 is 11.6 Å². The highest BCUT2D eigenvalue weighted by atomic mass is 35.5. The fraction of sp³-hybridized carbons (Fsp3) is 0.118. The molecule has 1 aromatic heterocycles. The summed E-state index contributed by atoms with van der Waals surface area (Å²) in [6, 6.07) is 17.0. The fourth-order valence-corrected chi connectivity index (χ4v) is 2.44. The summed E-state index contributed by atoms with van der Waals surface area (Å²) in [6.45, 7) is 0.371. The largest absolute Gasteiger partial charge is 0.492 e. The molecule has 0 amide bonds. The predicted octanol–water partition coefficient (Wildman–Crippen LogP) is 3.97. The number of halogens is 1. The Morgan fingerprint density at radius 2 is 1.90 bits per heavy atom. The average molecular weight is 299 g/mol. The highest BCUT2D eigenvalue weighted by Crippen LogP contribution is 2.23. The zero-order chi connectivity index (χ0) is 14.7. The molecule has 1 heterocycles. The molecule has 106 valence electrons. The SMILES string of the molecule is NC(COc1cccc(Cl)c1)c1cccc2cccnc12. The molecule has 0 saturated carbocycles. The quantitative estimate of drug-likeness (QED) is 0.793. The van der Waals surface area contributed by atoms with E-state index in [2.05, 4.69) is 4.98 Å². The normalized spacial score (nSPS) is 12.3. The Morgan fingerprint density at radius 1 is 1.10 bits per heavy atom. The molecule has 0 aliphatic carbocycles. The molecule has 1 unspecified atom stereocenters. The number of hydrogen-bond donors (Lipinski definition) is 1. The Kier molecular flexibility index (Phi) is 4.04. The Morgan fingerprint density at radius 3 is 2.76 bits per heavy atom. The van der Waals surface area contributed by atoms with E-state index >= 15 is 0 Å². The van der Waals surface area contributed by atoms with E-state index in [9.17, 15) is 0 Å². The zero-order valence-corrected chi connectivity index (χ0v) is 12.1. The van der Waals surface area contributed by atoms with Gasteiger partial charge >= 0.3 is 0 Å². The first-order chi connectivity index (χ1) is 10.2. The molecule has 0 aliphatic heterocycles. The average Bonchev–Trinajstić information content (AvgIpc) is 2.52. The first-order valence-corrected chi connectivity index (χ1v) is 7.09. The zero-order valence-electron chi connectivity index (χ0n) is 11.4. The lowest BCUT2D eigenvalue weighted by molar-refractivity contribution is 0.291. The minimum absolute atomic E-state index is 0.248. The van der Waals surface area contributed by atoms with Crippen molar-refractivity contribution in [2.75, 3.05) is 6.61 Å². The molecule has 0 bridgehead atoms. The molecule has 1 atom stereocenters. The molecule has 0 spiro atoms. The highest BCUT2D eigenvalue weighted by molar-refractivity contribution is 6.30. The molecule has 4 heteroatoms. The maximum Gasteiger partial charge on any atom is 0.120 e. The highest BCUT2D eigenvalue weighted by Gasteiger charge is 2.11. The molecule has 0 radical (unpaired) electrons. The monoisotopic (exact) mass is 298 g/mol. The van der Waals surface area contributed by atoms with E-state index in [4.69, 9.17) is 22.1 Å². The van der Waals surface area contributed by atoms with Crippen LogP contribution in [0, 0.1) is 0 Å². The minimum atomic E-state index is -0.248. The summed E-state index contributed by atoms with van der Waals surface area (Å²) in [5.74, 6) is 0.714. The number of pyridine rings is 1. The second kappa shape index (κ2) is 6.12. The van der Waals surface area contributed by atoms with Crippen molar-refractivity contribution in [2.24, 2.45) is 5.73 Å². The van der Waals surface area contributed by atoms with Crippen LogP contribution in [0.5, 0.6) is 5.75 Å². The maximum absolute atomic E-state index is 6.25. The molecule has 3 aromatic rings. The van der Waals surface area contributed by atoms with E-state index in [0.717, 1.165) is 16.5 Å². The van der Waals surface area contributed by atoms with E-state index in [1.807, 2.05) is 48.5 Å². The van der Waals surface area contributed by atoms with Crippen molar-refractivity contribution >= 4 is 22.5 Å². The lowest BCUT2D eigenvalue weighted by Crippen LogP contribution is -2.19. The van der Waals surface area contributed by atoms with E-state index < -0.39 is 0 Å². The summed E-state index contributed by atoms with van der Waals surface area (Å²) in [5, 5.41) is 1.72. The Balaban J connectivity index is 1.79. The fourth-order valence-electron chi connectivity index (χ4n) is 2.26. The van der Waals surface area contributed by atoms with Gasteiger partial charge in [-0.05, 0) is 29.8 Å². The van der Waals surface area contributed by atoms with Crippen molar-refractivity contribution in [3.05, 3.63) is 71.4 Å². The van der Waals surface area contributed by atoms with Gasteiger partial charge in [-0.1, -0.05) is 41.9 Å². The summed E-state index contributed by atoms with van der Waals surface area (Å²) in [6.07, 6.45) is 1.77. The maximum atomic E-state index is 6.25. The minimum Gasteiger partial charge on any atom is -0.492 e. The summed E-state index contributed by atoms with van der Waals surface area (Å²) in [7, 11) is 0. The van der Waals surface area contributed by atoms with E-state index in [1.165, 1.54) is 0 Å². The molecule has 3 rings (SSSR count). The van der Waals surface area contributed by atoms with Crippen LogP contribution in [0.1, 0.15) is 11.6 Å². The molecule has 0 saturated heterocycles. The Bertz CT molecular complexity index is 755.